The molecule has 30 heavy (non-hydrogen) atoms. The summed E-state index contributed by atoms with van der Waals surface area (Å²) in [4.78, 5) is 0. The van der Waals surface area contributed by atoms with E-state index in [2.05, 4.69) is 88.4 Å². The number of hydrogen-bond donors (Lipinski definition) is 0. The van der Waals surface area contributed by atoms with Crippen LogP contribution in [-0.2, 0) is 21.3 Å². The van der Waals surface area contributed by atoms with Gasteiger partial charge >= 0.3 is 179 Å². The third-order valence-electron chi connectivity index (χ3n) is 6.07. The van der Waals surface area contributed by atoms with Gasteiger partial charge < -0.3 is 24.8 Å². The zero-order chi connectivity index (χ0) is 19.8. The van der Waals surface area contributed by atoms with Crippen molar-refractivity contribution < 1.29 is 46.1 Å². The van der Waals surface area contributed by atoms with Crippen molar-refractivity contribution in [2.75, 3.05) is 0 Å². The van der Waals surface area contributed by atoms with Crippen molar-refractivity contribution in [3.63, 3.8) is 0 Å². The first-order valence-corrected chi connectivity index (χ1v) is 15.3. The molecule has 0 bridgehead atoms. The molecule has 2 atom stereocenters. The summed E-state index contributed by atoms with van der Waals surface area (Å²) in [5.74, 6) is 1.39. The molecule has 0 aromatic heterocycles. The third kappa shape index (κ3) is 5.01. The molecule has 4 rings (SSSR count). The minimum Gasteiger partial charge on any atom is -1.00 e. The van der Waals surface area contributed by atoms with Crippen molar-refractivity contribution in [3.05, 3.63) is 81.9 Å². The van der Waals surface area contributed by atoms with Crippen LogP contribution in [0.2, 0.25) is 0 Å². The minimum atomic E-state index is -2.12. The van der Waals surface area contributed by atoms with Crippen molar-refractivity contribution in [3.8, 4) is 0 Å². The number of hydrogen-bond acceptors (Lipinski definition) is 0. The predicted octanol–water partition coefficient (Wildman–Crippen LogP) is 1.41. The second-order valence-corrected chi connectivity index (χ2v) is 15.0. The summed E-state index contributed by atoms with van der Waals surface area (Å²) in [5.41, 5.74) is 9.35. The minimum absolute atomic E-state index is 0. The van der Waals surface area contributed by atoms with Gasteiger partial charge in [-0.05, 0) is 0 Å². The molecule has 0 amide bonds. The predicted molar refractivity (Wildman–Crippen MR) is 120 cm³/mol. The molecule has 2 aromatic carbocycles. The Hall–Kier alpha value is -0.747. The summed E-state index contributed by atoms with van der Waals surface area (Å²) in [5, 5.41) is 0. The fourth-order valence-electron chi connectivity index (χ4n) is 5.11. The number of rotatable bonds is 6. The van der Waals surface area contributed by atoms with Gasteiger partial charge in [-0.2, -0.15) is 0 Å². The SMILES string of the molecule is [CH2]=[Zr+2]([CH]1C(CC(C)C)=Cc2ccccc21)[CH]1C(CC(C)C)=Cc2ccccc21.[Cl-].[Cl-]. The van der Waals surface area contributed by atoms with Crippen LogP contribution in [0.3, 0.4) is 0 Å². The quantitative estimate of drug-likeness (QED) is 0.543. The summed E-state index contributed by atoms with van der Waals surface area (Å²) in [6, 6.07) is 18.2. The maximum Gasteiger partial charge on any atom is -1.00 e. The topological polar surface area (TPSA) is 0 Å². The molecule has 0 spiro atoms. The summed E-state index contributed by atoms with van der Waals surface area (Å²) in [6.07, 6.45) is 7.41. The van der Waals surface area contributed by atoms with E-state index in [-0.39, 0.29) is 24.8 Å². The molecule has 0 saturated carbocycles. The second kappa shape index (κ2) is 10.7. The fourth-order valence-corrected chi connectivity index (χ4v) is 12.5. The van der Waals surface area contributed by atoms with Crippen molar-refractivity contribution in [2.24, 2.45) is 11.8 Å². The third-order valence-corrected chi connectivity index (χ3v) is 13.1. The average molecular weight is 519 g/mol. The van der Waals surface area contributed by atoms with E-state index in [9.17, 15) is 0 Å². The summed E-state index contributed by atoms with van der Waals surface area (Å²) >= 11 is -2.12. The Balaban J connectivity index is 0.00000160. The molecule has 0 fully saturated rings. The largest absolute Gasteiger partial charge is 1.00 e. The van der Waals surface area contributed by atoms with E-state index in [1.54, 1.807) is 22.3 Å². The number of allylic oxidation sites excluding steroid dienone is 2. The Morgan fingerprint density at radius 3 is 1.43 bits per heavy atom. The van der Waals surface area contributed by atoms with Gasteiger partial charge in [0.15, 0.2) is 0 Å². The molecule has 0 heterocycles. The molecular formula is C27H32Cl2Zr. The van der Waals surface area contributed by atoms with Crippen LogP contribution in [0.15, 0.2) is 59.7 Å². The average Bonchev–Trinajstić information content (AvgIpc) is 3.17. The molecule has 0 radical (unpaired) electrons. The van der Waals surface area contributed by atoms with Crippen LogP contribution in [-0.4, -0.2) is 4.21 Å². The molecule has 2 aliphatic rings. The van der Waals surface area contributed by atoms with Gasteiger partial charge in [0.05, 0.1) is 0 Å². The van der Waals surface area contributed by atoms with Gasteiger partial charge in [0, 0.05) is 0 Å². The van der Waals surface area contributed by atoms with E-state index in [1.165, 1.54) is 24.0 Å². The van der Waals surface area contributed by atoms with Gasteiger partial charge in [-0.3, -0.25) is 0 Å². The Labute approximate surface area is 202 Å². The van der Waals surface area contributed by atoms with Gasteiger partial charge in [-0.1, -0.05) is 0 Å². The molecular weight excluding hydrogens is 486 g/mol. The Morgan fingerprint density at radius 2 is 1.07 bits per heavy atom. The van der Waals surface area contributed by atoms with E-state index in [1.807, 2.05) is 0 Å². The van der Waals surface area contributed by atoms with Crippen molar-refractivity contribution in [2.45, 2.75) is 47.8 Å². The maximum atomic E-state index is 5.03. The molecule has 0 N–H and O–H groups in total. The van der Waals surface area contributed by atoms with Crippen LogP contribution in [0.5, 0.6) is 0 Å². The zero-order valence-electron chi connectivity index (χ0n) is 18.5. The van der Waals surface area contributed by atoms with Gasteiger partial charge in [0.25, 0.3) is 0 Å². The monoisotopic (exact) mass is 516 g/mol. The van der Waals surface area contributed by atoms with Crippen LogP contribution >= 0.6 is 0 Å². The molecule has 0 saturated heterocycles. The maximum absolute atomic E-state index is 5.03. The Kier molecular flexibility index (Phi) is 9.11. The van der Waals surface area contributed by atoms with Gasteiger partial charge in [0.1, 0.15) is 0 Å². The smallest absolute Gasteiger partial charge is 1.00 e. The molecule has 0 aliphatic heterocycles. The van der Waals surface area contributed by atoms with Crippen molar-refractivity contribution in [1.82, 2.24) is 0 Å². The summed E-state index contributed by atoms with van der Waals surface area (Å²) in [6.45, 7) is 9.40. The Morgan fingerprint density at radius 1 is 0.700 bits per heavy atom. The summed E-state index contributed by atoms with van der Waals surface area (Å²) in [7, 11) is 0. The van der Waals surface area contributed by atoms with Crippen LogP contribution in [0, 0.1) is 11.8 Å². The molecule has 0 nitrogen and oxygen atoms in total. The van der Waals surface area contributed by atoms with E-state index in [4.69, 9.17) is 4.21 Å². The molecule has 158 valence electrons. The molecule has 2 unspecified atom stereocenters. The van der Waals surface area contributed by atoms with Crippen LogP contribution in [0.1, 0.15) is 70.0 Å². The molecule has 2 aliphatic carbocycles. The fraction of sp³-hybridized carbons (Fsp3) is 0.370. The van der Waals surface area contributed by atoms with Gasteiger partial charge in [-0.25, -0.2) is 0 Å². The van der Waals surface area contributed by atoms with E-state index < -0.39 is 21.3 Å². The number of fused-ring (bicyclic) bond motifs is 2. The number of benzene rings is 2. The van der Waals surface area contributed by atoms with Crippen molar-refractivity contribution >= 4 is 16.4 Å². The van der Waals surface area contributed by atoms with Crippen LogP contribution in [0.4, 0.5) is 0 Å². The molecule has 2 aromatic rings. The first-order chi connectivity index (χ1) is 13.5. The second-order valence-electron chi connectivity index (χ2n) is 9.33. The summed E-state index contributed by atoms with van der Waals surface area (Å²) < 4.78 is 6.27. The molecule has 3 heteroatoms. The van der Waals surface area contributed by atoms with E-state index in [0.29, 0.717) is 19.1 Å². The van der Waals surface area contributed by atoms with Gasteiger partial charge in [0.2, 0.25) is 0 Å². The standard InChI is InChI=1S/2C13H15.CH2.2ClH.Zr/c2*1-10(2)7-11-8-12-5-3-4-6-13(12)9-11;;;;/h2*3-6,8-10H,7H2,1-2H3;1H2;2*1H;/q;;;;;+2/p-2. The normalized spacial score (nSPS) is 18.6. The van der Waals surface area contributed by atoms with Crippen molar-refractivity contribution in [1.29, 1.82) is 0 Å². The van der Waals surface area contributed by atoms with E-state index in [0.717, 1.165) is 0 Å². The number of halogens is 2. The first kappa shape index (κ1) is 25.5. The zero-order valence-corrected chi connectivity index (χ0v) is 22.4. The van der Waals surface area contributed by atoms with Gasteiger partial charge in [-0.15, -0.1) is 0 Å². The van der Waals surface area contributed by atoms with E-state index >= 15 is 0 Å². The first-order valence-electron chi connectivity index (χ1n) is 10.7. The van der Waals surface area contributed by atoms with Crippen LogP contribution < -0.4 is 24.8 Å². The Bertz CT molecular complexity index is 891. The van der Waals surface area contributed by atoms with Crippen LogP contribution in [0.25, 0.3) is 12.2 Å².